The number of rotatable bonds is 1. The zero-order valence-corrected chi connectivity index (χ0v) is 7.73. The van der Waals surface area contributed by atoms with E-state index in [9.17, 15) is 18.0 Å². The van der Waals surface area contributed by atoms with E-state index >= 15 is 0 Å². The molecule has 1 aliphatic carbocycles. The molecule has 82 valence electrons. The highest BCUT2D eigenvalue weighted by Gasteiger charge is 2.68. The first-order valence-corrected chi connectivity index (χ1v) is 3.97. The third kappa shape index (κ3) is 1.68. The van der Waals surface area contributed by atoms with Gasteiger partial charge in [-0.1, -0.05) is 0 Å². The van der Waals surface area contributed by atoms with Gasteiger partial charge in [-0.05, 0) is 12.3 Å². The Kier molecular flexibility index (Phi) is 2.71. The fourth-order valence-corrected chi connectivity index (χ4v) is 2.09. The molecule has 0 spiro atoms. The minimum atomic E-state index is -4.17. The molecule has 0 aromatic heterocycles. The number of piperidine rings is 1. The Hall–Kier alpha value is -0.490. The molecule has 0 radical (unpaired) electrons. The predicted molar refractivity (Wildman–Crippen MR) is 43.2 cm³/mol. The first kappa shape index (κ1) is 11.6. The monoisotopic (exact) mass is 231 g/mol. The number of aliphatic carboxylic acids is 1. The second kappa shape index (κ2) is 3.27. The number of nitrogens with one attached hydrogen (secondary N) is 1. The molecule has 0 aromatic rings. The first-order valence-electron chi connectivity index (χ1n) is 3.97. The molecule has 4 atom stereocenters. The van der Waals surface area contributed by atoms with Gasteiger partial charge in [-0.25, -0.2) is 0 Å². The van der Waals surface area contributed by atoms with E-state index < -0.39 is 36.1 Å². The van der Waals surface area contributed by atoms with Crippen LogP contribution in [0.4, 0.5) is 13.2 Å². The van der Waals surface area contributed by atoms with Crippen molar-refractivity contribution in [1.82, 2.24) is 5.32 Å². The Bertz CT molecular complexity index is 246. The summed E-state index contributed by atoms with van der Waals surface area (Å²) < 4.78 is 36.3. The van der Waals surface area contributed by atoms with Gasteiger partial charge in [0.2, 0.25) is 0 Å². The van der Waals surface area contributed by atoms with Crippen molar-refractivity contribution in [1.29, 1.82) is 0 Å². The van der Waals surface area contributed by atoms with E-state index in [4.69, 9.17) is 5.11 Å². The summed E-state index contributed by atoms with van der Waals surface area (Å²) in [7, 11) is 0. The predicted octanol–water partition coefficient (Wildman–Crippen LogP) is 1.03. The Morgan fingerprint density at radius 3 is 2.29 bits per heavy atom. The Balaban J connectivity index is 0.000000980. The van der Waals surface area contributed by atoms with Gasteiger partial charge in [0.25, 0.3) is 0 Å². The molecule has 1 heterocycles. The maximum atomic E-state index is 12.1. The van der Waals surface area contributed by atoms with Gasteiger partial charge in [-0.2, -0.15) is 13.2 Å². The van der Waals surface area contributed by atoms with E-state index in [1.165, 1.54) is 0 Å². The van der Waals surface area contributed by atoms with Crippen molar-refractivity contribution in [3.8, 4) is 0 Å². The van der Waals surface area contributed by atoms with Crippen LogP contribution in [0, 0.1) is 11.8 Å². The van der Waals surface area contributed by atoms with Gasteiger partial charge in [0.15, 0.2) is 0 Å². The largest absolute Gasteiger partial charge is 0.480 e. The van der Waals surface area contributed by atoms with Crippen molar-refractivity contribution in [2.45, 2.75) is 24.7 Å². The second-order valence-electron chi connectivity index (χ2n) is 3.55. The van der Waals surface area contributed by atoms with Crippen LogP contribution >= 0.6 is 12.4 Å². The molecule has 2 rings (SSSR count). The molecule has 2 N–H and O–H groups in total. The lowest BCUT2D eigenvalue weighted by Gasteiger charge is -2.12. The highest BCUT2D eigenvalue weighted by atomic mass is 35.5. The lowest BCUT2D eigenvalue weighted by molar-refractivity contribution is -0.157. The smallest absolute Gasteiger partial charge is 0.393 e. The van der Waals surface area contributed by atoms with Gasteiger partial charge < -0.3 is 10.4 Å². The van der Waals surface area contributed by atoms with Gasteiger partial charge in [-0.15, -0.1) is 12.4 Å². The van der Waals surface area contributed by atoms with Gasteiger partial charge >= 0.3 is 12.1 Å². The molecule has 0 bridgehead atoms. The summed E-state index contributed by atoms with van der Waals surface area (Å²) in [4.78, 5) is 10.4. The Morgan fingerprint density at radius 1 is 1.43 bits per heavy atom. The number of alkyl halides is 3. The summed E-state index contributed by atoms with van der Waals surface area (Å²) in [6.45, 7) is 0. The van der Waals surface area contributed by atoms with Crippen molar-refractivity contribution in [3.05, 3.63) is 0 Å². The number of carboxylic acids is 1. The number of fused-ring (bicyclic) bond motifs is 1. The fourth-order valence-electron chi connectivity index (χ4n) is 2.09. The molecule has 7 heteroatoms. The van der Waals surface area contributed by atoms with Crippen LogP contribution in [0.2, 0.25) is 0 Å². The van der Waals surface area contributed by atoms with Crippen molar-refractivity contribution in [2.24, 2.45) is 11.8 Å². The molecule has 2 aliphatic rings. The molecule has 0 amide bonds. The third-order valence-electron chi connectivity index (χ3n) is 2.75. The third-order valence-corrected chi connectivity index (χ3v) is 2.75. The SMILES string of the molecule is Cl.O=C(O)[C@@H]1C[C@@H]2[C@H](N1)[C@H]2C(F)(F)F. The van der Waals surface area contributed by atoms with Crippen LogP contribution in [-0.4, -0.2) is 29.3 Å². The molecule has 1 saturated carbocycles. The highest BCUT2D eigenvalue weighted by Crippen LogP contribution is 2.55. The minimum absolute atomic E-state index is 0. The minimum Gasteiger partial charge on any atom is -0.480 e. The van der Waals surface area contributed by atoms with Gasteiger partial charge in [-0.3, -0.25) is 4.79 Å². The van der Waals surface area contributed by atoms with E-state index in [1.54, 1.807) is 0 Å². The number of carboxylic acid groups (broad SMARTS) is 1. The van der Waals surface area contributed by atoms with Crippen LogP contribution in [0.25, 0.3) is 0 Å². The van der Waals surface area contributed by atoms with E-state index in [1.807, 2.05) is 0 Å². The summed E-state index contributed by atoms with van der Waals surface area (Å²) in [5.74, 6) is -2.89. The van der Waals surface area contributed by atoms with Crippen molar-refractivity contribution in [2.75, 3.05) is 0 Å². The van der Waals surface area contributed by atoms with Crippen molar-refractivity contribution < 1.29 is 23.1 Å². The number of hydrogen-bond donors (Lipinski definition) is 2. The molecule has 0 aromatic carbocycles. The average molecular weight is 232 g/mol. The molecule has 0 unspecified atom stereocenters. The maximum Gasteiger partial charge on any atom is 0.393 e. The summed E-state index contributed by atoms with van der Waals surface area (Å²) in [6, 6.07) is -1.44. The standard InChI is InChI=1S/C7H8F3NO2.ClH/c8-7(9,10)4-2-1-3(6(12)13)11-5(2)4;/h2-5,11H,1H2,(H,12,13);1H/t2-,3-,4-,5-;/m0./s1. The molecular weight excluding hydrogens is 223 g/mol. The molecule has 3 nitrogen and oxygen atoms in total. The Labute approximate surface area is 84.1 Å². The topological polar surface area (TPSA) is 49.3 Å². The molecule has 14 heavy (non-hydrogen) atoms. The van der Waals surface area contributed by atoms with E-state index in [-0.39, 0.29) is 18.8 Å². The lowest BCUT2D eigenvalue weighted by atomic mass is 10.1. The van der Waals surface area contributed by atoms with Crippen LogP contribution in [0.5, 0.6) is 0 Å². The number of carbonyl (C=O) groups is 1. The summed E-state index contributed by atoms with van der Waals surface area (Å²) in [6.07, 6.45) is -4.07. The molecule has 1 saturated heterocycles. The highest BCUT2D eigenvalue weighted by molar-refractivity contribution is 5.85. The van der Waals surface area contributed by atoms with E-state index in [0.29, 0.717) is 0 Å². The average Bonchev–Trinajstić information content (AvgIpc) is 2.48. The first-order chi connectivity index (χ1) is 5.91. The van der Waals surface area contributed by atoms with Gasteiger partial charge in [0.1, 0.15) is 6.04 Å². The quantitative estimate of drug-likeness (QED) is 0.709. The lowest BCUT2D eigenvalue weighted by Crippen LogP contribution is -2.37. The molecular formula is C7H9ClF3NO2. The summed E-state index contributed by atoms with van der Waals surface area (Å²) in [5.41, 5.74) is 0. The zero-order chi connectivity index (χ0) is 9.80. The van der Waals surface area contributed by atoms with Gasteiger partial charge in [0.05, 0.1) is 5.92 Å². The zero-order valence-electron chi connectivity index (χ0n) is 6.91. The second-order valence-corrected chi connectivity index (χ2v) is 3.55. The van der Waals surface area contributed by atoms with Crippen LogP contribution in [0.1, 0.15) is 6.42 Å². The van der Waals surface area contributed by atoms with Crippen molar-refractivity contribution in [3.63, 3.8) is 0 Å². The molecule has 1 aliphatic heterocycles. The van der Waals surface area contributed by atoms with E-state index in [2.05, 4.69) is 5.32 Å². The normalized spacial score (nSPS) is 39.9. The van der Waals surface area contributed by atoms with Crippen LogP contribution < -0.4 is 5.32 Å². The molecule has 2 fully saturated rings. The Morgan fingerprint density at radius 2 is 2.00 bits per heavy atom. The number of hydrogen-bond acceptors (Lipinski definition) is 2. The maximum absolute atomic E-state index is 12.1. The number of halogens is 4. The van der Waals surface area contributed by atoms with Crippen LogP contribution in [-0.2, 0) is 4.79 Å². The van der Waals surface area contributed by atoms with Crippen LogP contribution in [0.3, 0.4) is 0 Å². The summed E-state index contributed by atoms with van der Waals surface area (Å²) >= 11 is 0. The van der Waals surface area contributed by atoms with Crippen molar-refractivity contribution >= 4 is 18.4 Å². The van der Waals surface area contributed by atoms with Crippen LogP contribution in [0.15, 0.2) is 0 Å². The fraction of sp³-hybridized carbons (Fsp3) is 0.857. The summed E-state index contributed by atoms with van der Waals surface area (Å²) in [5, 5.41) is 11.0. The van der Waals surface area contributed by atoms with E-state index in [0.717, 1.165) is 0 Å². The van der Waals surface area contributed by atoms with Gasteiger partial charge in [0, 0.05) is 6.04 Å².